The first kappa shape index (κ1) is 17.8. The molecule has 4 nitrogen and oxygen atoms in total. The Morgan fingerprint density at radius 3 is 2.85 bits per heavy atom. The van der Waals surface area contributed by atoms with Crippen LogP contribution >= 0.6 is 0 Å². The number of nitrogens with one attached hydrogen (secondary N) is 2. The molecule has 3 aliphatic carbocycles. The van der Waals surface area contributed by atoms with Crippen molar-refractivity contribution in [2.24, 2.45) is 22.2 Å². The Kier molecular flexibility index (Phi) is 5.21. The first-order valence-corrected chi connectivity index (χ1v) is 10.4. The van der Waals surface area contributed by atoms with Crippen LogP contribution in [0.15, 0.2) is 29.3 Å². The van der Waals surface area contributed by atoms with E-state index in [-0.39, 0.29) is 0 Å². The average Bonchev–Trinajstić information content (AvgIpc) is 3.16. The largest absolute Gasteiger partial charge is 0.385 e. The van der Waals surface area contributed by atoms with E-state index in [2.05, 4.69) is 41.8 Å². The normalized spacial score (nSPS) is 28.1. The Bertz CT molecular complexity index is 653. The maximum Gasteiger partial charge on any atom is 0.191 e. The van der Waals surface area contributed by atoms with Gasteiger partial charge in [0.1, 0.15) is 0 Å². The van der Waals surface area contributed by atoms with Crippen molar-refractivity contribution in [1.82, 2.24) is 10.6 Å². The molecule has 2 saturated carbocycles. The van der Waals surface area contributed by atoms with E-state index < -0.39 is 0 Å². The van der Waals surface area contributed by atoms with E-state index in [1.54, 1.807) is 18.2 Å². The minimum Gasteiger partial charge on any atom is -0.385 e. The fourth-order valence-corrected chi connectivity index (χ4v) is 5.05. The summed E-state index contributed by atoms with van der Waals surface area (Å²) in [7, 11) is 1.80. The highest BCUT2D eigenvalue weighted by Gasteiger charge is 2.54. The predicted octanol–water partition coefficient (Wildman–Crippen LogP) is 3.33. The number of methoxy groups -OCH3 is 1. The maximum absolute atomic E-state index is 5.31. The molecule has 4 heteroatoms. The second-order valence-corrected chi connectivity index (χ2v) is 8.43. The molecule has 2 N–H and O–H groups in total. The average molecular weight is 356 g/mol. The van der Waals surface area contributed by atoms with Gasteiger partial charge in [0.15, 0.2) is 5.96 Å². The van der Waals surface area contributed by atoms with E-state index in [1.807, 2.05) is 0 Å². The van der Waals surface area contributed by atoms with Crippen LogP contribution in [0.25, 0.3) is 0 Å². The monoisotopic (exact) mass is 355 g/mol. The molecule has 3 unspecified atom stereocenters. The summed E-state index contributed by atoms with van der Waals surface area (Å²) in [6, 6.07) is 8.99. The lowest BCUT2D eigenvalue weighted by molar-refractivity contribution is 0.0778. The summed E-state index contributed by atoms with van der Waals surface area (Å²) in [6.07, 6.45) is 6.33. The van der Waals surface area contributed by atoms with Crippen LogP contribution in [0.5, 0.6) is 0 Å². The van der Waals surface area contributed by atoms with Gasteiger partial charge in [-0.2, -0.15) is 0 Å². The summed E-state index contributed by atoms with van der Waals surface area (Å²) in [5.41, 5.74) is 3.55. The highest BCUT2D eigenvalue weighted by molar-refractivity contribution is 5.79. The van der Waals surface area contributed by atoms with Gasteiger partial charge in [0.25, 0.3) is 0 Å². The van der Waals surface area contributed by atoms with Crippen molar-refractivity contribution in [3.8, 4) is 0 Å². The van der Waals surface area contributed by atoms with Gasteiger partial charge in [0.2, 0.25) is 0 Å². The summed E-state index contributed by atoms with van der Waals surface area (Å²) >= 11 is 0. The third-order valence-corrected chi connectivity index (χ3v) is 6.87. The Morgan fingerprint density at radius 2 is 2.12 bits per heavy atom. The number of hydrogen-bond donors (Lipinski definition) is 2. The summed E-state index contributed by atoms with van der Waals surface area (Å²) in [4.78, 5) is 4.94. The molecular weight excluding hydrogens is 322 g/mol. The van der Waals surface area contributed by atoms with E-state index in [9.17, 15) is 0 Å². The van der Waals surface area contributed by atoms with E-state index in [0.29, 0.717) is 5.41 Å². The van der Waals surface area contributed by atoms with Crippen LogP contribution in [0.4, 0.5) is 0 Å². The van der Waals surface area contributed by atoms with Crippen molar-refractivity contribution in [2.45, 2.75) is 44.9 Å². The van der Waals surface area contributed by atoms with Gasteiger partial charge in [-0.1, -0.05) is 30.7 Å². The second kappa shape index (κ2) is 7.59. The number of benzene rings is 1. The molecule has 0 aromatic heterocycles. The van der Waals surface area contributed by atoms with Crippen molar-refractivity contribution < 1.29 is 4.74 Å². The number of guanidine groups is 1. The molecule has 0 amide bonds. The minimum atomic E-state index is 0.382. The smallest absolute Gasteiger partial charge is 0.191 e. The third-order valence-electron chi connectivity index (χ3n) is 6.87. The van der Waals surface area contributed by atoms with Crippen LogP contribution in [0, 0.1) is 17.3 Å². The number of aliphatic imine (C=N–C) groups is 1. The zero-order valence-corrected chi connectivity index (χ0v) is 16.3. The molecule has 26 heavy (non-hydrogen) atoms. The molecule has 0 saturated heterocycles. The zero-order chi connectivity index (χ0) is 18.0. The zero-order valence-electron chi connectivity index (χ0n) is 16.3. The lowest BCUT2D eigenvalue weighted by atomic mass is 9.67. The number of hydrogen-bond acceptors (Lipinski definition) is 2. The Hall–Kier alpha value is -1.55. The SMILES string of the molecule is CCNC(=NCC1(CCOC)CCC1)NCC1C2Cc3ccccc3C12. The molecule has 2 fully saturated rings. The van der Waals surface area contributed by atoms with Crippen LogP contribution in [0.1, 0.15) is 49.7 Å². The van der Waals surface area contributed by atoms with Crippen molar-refractivity contribution in [3.63, 3.8) is 0 Å². The van der Waals surface area contributed by atoms with Crippen molar-refractivity contribution in [1.29, 1.82) is 0 Å². The fraction of sp³-hybridized carbons (Fsp3) is 0.682. The molecule has 3 atom stereocenters. The molecule has 0 radical (unpaired) electrons. The molecule has 3 aliphatic rings. The standard InChI is InChI=1S/C22H33N3O/c1-3-23-21(25-15-22(9-6-10-22)11-12-26-2)24-14-19-18-13-16-7-4-5-8-17(16)20(18)19/h4-5,7-8,18-20H,3,6,9-15H2,1-2H3,(H2,23,24,25). The van der Waals surface area contributed by atoms with E-state index in [0.717, 1.165) is 56.4 Å². The van der Waals surface area contributed by atoms with Gasteiger partial charge in [-0.25, -0.2) is 0 Å². The Balaban J connectivity index is 1.31. The summed E-state index contributed by atoms with van der Waals surface area (Å²) in [5.74, 6) is 3.40. The molecule has 1 aromatic carbocycles. The van der Waals surface area contributed by atoms with E-state index in [1.165, 1.54) is 25.7 Å². The third kappa shape index (κ3) is 3.48. The summed E-state index contributed by atoms with van der Waals surface area (Å²) in [5, 5.41) is 7.06. The Morgan fingerprint density at radius 1 is 1.27 bits per heavy atom. The van der Waals surface area contributed by atoms with Crippen molar-refractivity contribution in [3.05, 3.63) is 35.4 Å². The second-order valence-electron chi connectivity index (χ2n) is 8.43. The van der Waals surface area contributed by atoms with Crippen LogP contribution in [-0.4, -0.2) is 39.3 Å². The number of nitrogens with zero attached hydrogens (tertiary/aromatic N) is 1. The van der Waals surface area contributed by atoms with Crippen LogP contribution in [0.2, 0.25) is 0 Å². The molecule has 0 bridgehead atoms. The van der Waals surface area contributed by atoms with Gasteiger partial charge in [-0.15, -0.1) is 0 Å². The van der Waals surface area contributed by atoms with Gasteiger partial charge >= 0.3 is 0 Å². The quantitative estimate of drug-likeness (QED) is 0.555. The lowest BCUT2D eigenvalue weighted by Crippen LogP contribution is -2.41. The molecule has 0 heterocycles. The highest BCUT2D eigenvalue weighted by Crippen LogP contribution is 2.60. The molecule has 0 spiro atoms. The topological polar surface area (TPSA) is 45.7 Å². The van der Waals surface area contributed by atoms with E-state index in [4.69, 9.17) is 9.73 Å². The van der Waals surface area contributed by atoms with Crippen LogP contribution in [0.3, 0.4) is 0 Å². The Labute approximate surface area is 157 Å². The first-order chi connectivity index (χ1) is 12.8. The van der Waals surface area contributed by atoms with Gasteiger partial charge in [-0.05, 0) is 66.9 Å². The fourth-order valence-electron chi connectivity index (χ4n) is 5.05. The predicted molar refractivity (Wildman–Crippen MR) is 107 cm³/mol. The molecule has 0 aliphatic heterocycles. The van der Waals surface area contributed by atoms with Crippen molar-refractivity contribution in [2.75, 3.05) is 33.4 Å². The van der Waals surface area contributed by atoms with Gasteiger partial charge in [0, 0.05) is 33.4 Å². The minimum absolute atomic E-state index is 0.382. The first-order valence-electron chi connectivity index (χ1n) is 10.4. The lowest BCUT2D eigenvalue weighted by Gasteiger charge is -2.40. The molecular formula is C22H33N3O. The van der Waals surface area contributed by atoms with Gasteiger partial charge < -0.3 is 15.4 Å². The number of rotatable bonds is 8. The maximum atomic E-state index is 5.31. The molecule has 4 rings (SSSR count). The van der Waals surface area contributed by atoms with Gasteiger partial charge in [0.05, 0.1) is 0 Å². The van der Waals surface area contributed by atoms with Crippen molar-refractivity contribution >= 4 is 5.96 Å². The number of ether oxygens (including phenoxy) is 1. The molecule has 1 aromatic rings. The summed E-state index contributed by atoms with van der Waals surface area (Å²) in [6.45, 7) is 5.87. The van der Waals surface area contributed by atoms with E-state index >= 15 is 0 Å². The highest BCUT2D eigenvalue weighted by atomic mass is 16.5. The van der Waals surface area contributed by atoms with Crippen LogP contribution in [-0.2, 0) is 11.2 Å². The van der Waals surface area contributed by atoms with Gasteiger partial charge in [-0.3, -0.25) is 4.99 Å². The summed E-state index contributed by atoms with van der Waals surface area (Å²) < 4.78 is 5.31. The van der Waals surface area contributed by atoms with Crippen LogP contribution < -0.4 is 10.6 Å². The molecule has 142 valence electrons. The number of fused-ring (bicyclic) bond motifs is 3.